The second-order valence-corrected chi connectivity index (χ2v) is 7.33. The maximum Gasteiger partial charge on any atom is 0.272 e. The number of aromatic nitrogens is 2. The Morgan fingerprint density at radius 3 is 2.26 bits per heavy atom. The number of hydrogen-bond acceptors (Lipinski definition) is 6. The minimum Gasteiger partial charge on any atom is -0.339 e. The smallest absolute Gasteiger partial charge is 0.272 e. The van der Waals surface area contributed by atoms with E-state index in [1.54, 1.807) is 29.6 Å². The number of sulfonamides is 1. The Kier molecular flexibility index (Phi) is 4.22. The third kappa shape index (κ3) is 3.82. The number of thiophene rings is 1. The third-order valence-electron chi connectivity index (χ3n) is 2.78. The van der Waals surface area contributed by atoms with Gasteiger partial charge in [0.25, 0.3) is 10.0 Å². The molecule has 0 spiro atoms. The second kappa shape index (κ2) is 6.31. The molecule has 0 atom stereocenters. The van der Waals surface area contributed by atoms with Gasteiger partial charge in [-0.1, -0.05) is 6.07 Å². The van der Waals surface area contributed by atoms with Crippen molar-refractivity contribution in [3.63, 3.8) is 0 Å². The molecular formula is C14H11FN4O2S2. The number of halogens is 1. The van der Waals surface area contributed by atoms with Crippen molar-refractivity contribution in [3.8, 4) is 0 Å². The SMILES string of the molecule is O=S(=O)(Nc1ccc(Nc2ccc(F)cc2)nn1)c1cccs1. The number of hydrogen-bond donors (Lipinski definition) is 2. The van der Waals surface area contributed by atoms with Crippen molar-refractivity contribution >= 4 is 38.7 Å². The molecule has 3 rings (SSSR count). The molecule has 6 nitrogen and oxygen atoms in total. The van der Waals surface area contributed by atoms with Gasteiger partial charge in [-0.25, -0.2) is 12.8 Å². The zero-order valence-electron chi connectivity index (χ0n) is 11.6. The van der Waals surface area contributed by atoms with Crippen LogP contribution in [0.5, 0.6) is 0 Å². The number of rotatable bonds is 5. The van der Waals surface area contributed by atoms with Gasteiger partial charge >= 0.3 is 0 Å². The summed E-state index contributed by atoms with van der Waals surface area (Å²) in [6, 6.07) is 12.0. The van der Waals surface area contributed by atoms with Crippen molar-refractivity contribution in [2.24, 2.45) is 0 Å². The van der Waals surface area contributed by atoms with Crippen molar-refractivity contribution in [2.45, 2.75) is 4.21 Å². The summed E-state index contributed by atoms with van der Waals surface area (Å²) in [5.41, 5.74) is 0.646. The molecule has 0 aliphatic carbocycles. The van der Waals surface area contributed by atoms with Gasteiger partial charge in [0.1, 0.15) is 10.0 Å². The first-order valence-electron chi connectivity index (χ1n) is 6.45. The lowest BCUT2D eigenvalue weighted by Crippen LogP contribution is -2.13. The molecule has 2 N–H and O–H groups in total. The Balaban J connectivity index is 1.71. The molecule has 23 heavy (non-hydrogen) atoms. The van der Waals surface area contributed by atoms with Crippen LogP contribution in [0.2, 0.25) is 0 Å². The van der Waals surface area contributed by atoms with E-state index in [2.05, 4.69) is 20.2 Å². The highest BCUT2D eigenvalue weighted by molar-refractivity contribution is 7.94. The maximum atomic E-state index is 12.8. The van der Waals surface area contributed by atoms with Crippen molar-refractivity contribution in [1.29, 1.82) is 0 Å². The summed E-state index contributed by atoms with van der Waals surface area (Å²) in [6.07, 6.45) is 0. The van der Waals surface area contributed by atoms with Crippen LogP contribution in [0.1, 0.15) is 0 Å². The van der Waals surface area contributed by atoms with Crippen LogP contribution in [0, 0.1) is 5.82 Å². The first-order valence-corrected chi connectivity index (χ1v) is 8.82. The lowest BCUT2D eigenvalue weighted by atomic mass is 10.3. The third-order valence-corrected chi connectivity index (χ3v) is 5.53. The first-order chi connectivity index (χ1) is 11.0. The Labute approximate surface area is 136 Å². The van der Waals surface area contributed by atoms with Gasteiger partial charge in [-0.3, -0.25) is 4.72 Å². The molecule has 0 aliphatic heterocycles. The molecule has 118 valence electrons. The van der Waals surface area contributed by atoms with E-state index in [0.29, 0.717) is 11.5 Å². The molecule has 0 radical (unpaired) electrons. The molecule has 2 heterocycles. The fourth-order valence-electron chi connectivity index (χ4n) is 1.74. The van der Waals surface area contributed by atoms with Crippen molar-refractivity contribution in [2.75, 3.05) is 10.0 Å². The summed E-state index contributed by atoms with van der Waals surface area (Å²) in [6.45, 7) is 0. The van der Waals surface area contributed by atoms with E-state index in [1.165, 1.54) is 24.3 Å². The Morgan fingerprint density at radius 2 is 1.65 bits per heavy atom. The molecule has 0 saturated heterocycles. The number of anilines is 3. The minimum absolute atomic E-state index is 0.114. The number of nitrogens with zero attached hydrogens (tertiary/aromatic N) is 2. The summed E-state index contributed by atoms with van der Waals surface area (Å²) < 4.78 is 39.5. The average molecular weight is 350 g/mol. The van der Waals surface area contributed by atoms with Crippen LogP contribution in [-0.4, -0.2) is 18.6 Å². The van der Waals surface area contributed by atoms with Crippen LogP contribution in [0.3, 0.4) is 0 Å². The number of nitrogens with one attached hydrogen (secondary N) is 2. The van der Waals surface area contributed by atoms with E-state index in [9.17, 15) is 12.8 Å². The van der Waals surface area contributed by atoms with Gasteiger partial charge in [0, 0.05) is 5.69 Å². The van der Waals surface area contributed by atoms with Gasteiger partial charge in [-0.2, -0.15) is 0 Å². The van der Waals surface area contributed by atoms with Gasteiger partial charge in [0.05, 0.1) is 0 Å². The molecule has 3 aromatic rings. The van der Waals surface area contributed by atoms with Crippen molar-refractivity contribution in [3.05, 3.63) is 59.7 Å². The predicted octanol–water partition coefficient (Wildman–Crippen LogP) is 3.22. The highest BCUT2D eigenvalue weighted by atomic mass is 32.2. The van der Waals surface area contributed by atoms with E-state index in [4.69, 9.17) is 0 Å². The summed E-state index contributed by atoms with van der Waals surface area (Å²) in [4.78, 5) is 0. The first kappa shape index (κ1) is 15.4. The molecule has 0 amide bonds. The molecule has 0 unspecified atom stereocenters. The standard InChI is InChI=1S/C14H11FN4O2S2/c15-10-3-5-11(6-4-10)16-12-7-8-13(18-17-12)19-23(20,21)14-2-1-9-22-14/h1-9H,(H,16,17)(H,18,19). The van der Waals surface area contributed by atoms with Crippen LogP contribution < -0.4 is 10.0 Å². The van der Waals surface area contributed by atoms with Gasteiger partial charge in [-0.15, -0.1) is 21.5 Å². The molecule has 0 fully saturated rings. The van der Waals surface area contributed by atoms with Crippen LogP contribution in [0.25, 0.3) is 0 Å². The van der Waals surface area contributed by atoms with Gasteiger partial charge in [0.15, 0.2) is 11.6 Å². The van der Waals surface area contributed by atoms with Gasteiger partial charge < -0.3 is 5.32 Å². The summed E-state index contributed by atoms with van der Waals surface area (Å²) in [7, 11) is -3.64. The minimum atomic E-state index is -3.64. The quantitative estimate of drug-likeness (QED) is 0.738. The van der Waals surface area contributed by atoms with E-state index >= 15 is 0 Å². The monoisotopic (exact) mass is 350 g/mol. The molecule has 0 bridgehead atoms. The topological polar surface area (TPSA) is 84.0 Å². The van der Waals surface area contributed by atoms with Crippen molar-refractivity contribution < 1.29 is 12.8 Å². The lowest BCUT2D eigenvalue weighted by molar-refractivity contribution is 0.603. The molecule has 2 aromatic heterocycles. The molecule has 0 aliphatic rings. The van der Waals surface area contributed by atoms with E-state index < -0.39 is 10.0 Å². The van der Waals surface area contributed by atoms with Crippen LogP contribution >= 0.6 is 11.3 Å². The molecular weight excluding hydrogens is 339 g/mol. The summed E-state index contributed by atoms with van der Waals surface area (Å²) in [5, 5.41) is 12.3. The highest BCUT2D eigenvalue weighted by Gasteiger charge is 2.15. The normalized spacial score (nSPS) is 11.2. The van der Waals surface area contributed by atoms with Crippen LogP contribution in [0.4, 0.5) is 21.7 Å². The maximum absolute atomic E-state index is 12.8. The predicted molar refractivity (Wildman–Crippen MR) is 86.8 cm³/mol. The second-order valence-electron chi connectivity index (χ2n) is 4.47. The van der Waals surface area contributed by atoms with Crippen molar-refractivity contribution in [1.82, 2.24) is 10.2 Å². The molecule has 9 heteroatoms. The number of benzene rings is 1. The zero-order valence-corrected chi connectivity index (χ0v) is 13.2. The largest absolute Gasteiger partial charge is 0.339 e. The Bertz CT molecular complexity index is 880. The van der Waals surface area contributed by atoms with Gasteiger partial charge in [0.2, 0.25) is 0 Å². The van der Waals surface area contributed by atoms with Crippen LogP contribution in [0.15, 0.2) is 58.1 Å². The average Bonchev–Trinajstić information content (AvgIpc) is 3.07. The Morgan fingerprint density at radius 1 is 0.957 bits per heavy atom. The zero-order chi connectivity index (χ0) is 16.3. The Hall–Kier alpha value is -2.52. The van der Waals surface area contributed by atoms with E-state index in [0.717, 1.165) is 11.3 Å². The van der Waals surface area contributed by atoms with E-state index in [1.807, 2.05) is 0 Å². The fraction of sp³-hybridized carbons (Fsp3) is 0. The van der Waals surface area contributed by atoms with Crippen LogP contribution in [-0.2, 0) is 10.0 Å². The molecule has 0 saturated carbocycles. The fourth-order valence-corrected chi connectivity index (χ4v) is 3.73. The highest BCUT2D eigenvalue weighted by Crippen LogP contribution is 2.20. The summed E-state index contributed by atoms with van der Waals surface area (Å²) in [5.74, 6) is 0.193. The summed E-state index contributed by atoms with van der Waals surface area (Å²) >= 11 is 1.11. The molecule has 1 aromatic carbocycles. The van der Waals surface area contributed by atoms with E-state index in [-0.39, 0.29) is 15.8 Å². The lowest BCUT2D eigenvalue weighted by Gasteiger charge is -2.07. The van der Waals surface area contributed by atoms with Gasteiger partial charge in [-0.05, 0) is 47.8 Å².